The number of piperidine rings is 1. The van der Waals surface area contributed by atoms with E-state index in [1.54, 1.807) is 7.11 Å². The molecule has 0 aliphatic carbocycles. The summed E-state index contributed by atoms with van der Waals surface area (Å²) in [6, 6.07) is 3.35. The van der Waals surface area contributed by atoms with Crippen LogP contribution < -0.4 is 4.74 Å². The molecule has 0 spiro atoms. The van der Waals surface area contributed by atoms with Crippen LogP contribution in [0.15, 0.2) is 12.1 Å². The van der Waals surface area contributed by atoms with Gasteiger partial charge in [-0.3, -0.25) is 4.79 Å². The number of carbonyl (C=O) groups is 1. The monoisotopic (exact) mass is 279 g/mol. The van der Waals surface area contributed by atoms with Crippen LogP contribution in [-0.4, -0.2) is 31.0 Å². The predicted octanol–water partition coefficient (Wildman–Crippen LogP) is 3.26. The molecule has 1 fully saturated rings. The Morgan fingerprint density at radius 1 is 1.40 bits per heavy atom. The molecule has 2 rings (SSSR count). The lowest BCUT2D eigenvalue weighted by molar-refractivity contribution is -0.131. The Balaban J connectivity index is 2.11. The minimum Gasteiger partial charge on any atom is -0.496 e. The number of likely N-dealkylation sites (tertiary alicyclic amines) is 1. The van der Waals surface area contributed by atoms with Gasteiger partial charge >= 0.3 is 0 Å². The van der Waals surface area contributed by atoms with Crippen LogP contribution in [0, 0.1) is 12.7 Å². The average Bonchev–Trinajstić information content (AvgIpc) is 2.48. The van der Waals surface area contributed by atoms with E-state index in [0.29, 0.717) is 12.2 Å². The summed E-state index contributed by atoms with van der Waals surface area (Å²) in [4.78, 5) is 13.5. The van der Waals surface area contributed by atoms with Crippen molar-refractivity contribution < 1.29 is 13.9 Å². The van der Waals surface area contributed by atoms with E-state index in [4.69, 9.17) is 4.74 Å². The molecule has 20 heavy (non-hydrogen) atoms. The third-order valence-electron chi connectivity index (χ3n) is 4.10. The summed E-state index contributed by atoms with van der Waals surface area (Å²) < 4.78 is 19.3. The van der Waals surface area contributed by atoms with Gasteiger partial charge in [0.05, 0.1) is 7.11 Å². The summed E-state index contributed by atoms with van der Waals surface area (Å²) in [5, 5.41) is 0. The normalized spacial score (nSPS) is 16.3. The van der Waals surface area contributed by atoms with E-state index in [9.17, 15) is 9.18 Å². The smallest absolute Gasteiger partial charge is 0.222 e. The molecule has 0 bridgehead atoms. The largest absolute Gasteiger partial charge is 0.496 e. The first kappa shape index (κ1) is 14.8. The lowest BCUT2D eigenvalue weighted by Crippen LogP contribution is -2.37. The molecule has 0 aromatic heterocycles. The number of halogens is 1. The number of methoxy groups -OCH3 is 1. The van der Waals surface area contributed by atoms with Gasteiger partial charge in [-0.05, 0) is 42.9 Å². The number of hydrogen-bond donors (Lipinski definition) is 0. The number of amides is 1. The van der Waals surface area contributed by atoms with Gasteiger partial charge in [0.1, 0.15) is 11.6 Å². The lowest BCUT2D eigenvalue weighted by Gasteiger charge is -2.32. The highest BCUT2D eigenvalue weighted by Crippen LogP contribution is 2.33. The fourth-order valence-electron chi connectivity index (χ4n) is 2.88. The Morgan fingerprint density at radius 3 is 2.60 bits per heavy atom. The quantitative estimate of drug-likeness (QED) is 0.850. The number of benzene rings is 1. The van der Waals surface area contributed by atoms with Crippen molar-refractivity contribution in [2.45, 2.75) is 39.0 Å². The van der Waals surface area contributed by atoms with Crippen molar-refractivity contribution in [1.29, 1.82) is 0 Å². The summed E-state index contributed by atoms with van der Waals surface area (Å²) >= 11 is 0. The van der Waals surface area contributed by atoms with Gasteiger partial charge in [-0.1, -0.05) is 6.92 Å². The van der Waals surface area contributed by atoms with E-state index in [0.717, 1.165) is 37.1 Å². The summed E-state index contributed by atoms with van der Waals surface area (Å²) in [6.07, 6.45) is 2.20. The molecule has 1 aromatic rings. The van der Waals surface area contributed by atoms with E-state index < -0.39 is 0 Å². The summed E-state index contributed by atoms with van der Waals surface area (Å²) in [6.45, 7) is 5.25. The molecule has 1 heterocycles. The SMILES string of the molecule is CCC(=O)N1CCC(c2cc(C)c(OC)cc2F)CC1. The van der Waals surface area contributed by atoms with Gasteiger partial charge in [0.15, 0.2) is 0 Å². The van der Waals surface area contributed by atoms with Crippen molar-refractivity contribution >= 4 is 5.91 Å². The van der Waals surface area contributed by atoms with Crippen molar-refractivity contribution in [2.24, 2.45) is 0 Å². The van der Waals surface area contributed by atoms with Crippen molar-refractivity contribution in [1.82, 2.24) is 4.90 Å². The highest BCUT2D eigenvalue weighted by Gasteiger charge is 2.25. The maximum atomic E-state index is 14.2. The second-order valence-corrected chi connectivity index (χ2v) is 5.35. The number of carbonyl (C=O) groups excluding carboxylic acids is 1. The molecular formula is C16H22FNO2. The fourth-order valence-corrected chi connectivity index (χ4v) is 2.88. The maximum absolute atomic E-state index is 14.2. The topological polar surface area (TPSA) is 29.5 Å². The van der Waals surface area contributed by atoms with Gasteiger partial charge in [0.2, 0.25) is 5.91 Å². The van der Waals surface area contributed by atoms with E-state index in [-0.39, 0.29) is 17.6 Å². The Labute approximate surface area is 119 Å². The van der Waals surface area contributed by atoms with Crippen LogP contribution in [0.1, 0.15) is 43.2 Å². The fraction of sp³-hybridized carbons (Fsp3) is 0.562. The molecule has 1 aliphatic heterocycles. The summed E-state index contributed by atoms with van der Waals surface area (Å²) in [5.74, 6) is 0.771. The van der Waals surface area contributed by atoms with Gasteiger partial charge in [0, 0.05) is 25.6 Å². The molecule has 0 N–H and O–H groups in total. The maximum Gasteiger partial charge on any atom is 0.222 e. The minimum atomic E-state index is -0.201. The molecule has 1 aromatic carbocycles. The molecule has 0 radical (unpaired) electrons. The highest BCUT2D eigenvalue weighted by atomic mass is 19.1. The molecule has 4 heteroatoms. The molecular weight excluding hydrogens is 257 g/mol. The molecule has 0 saturated carbocycles. The molecule has 1 aliphatic rings. The molecule has 0 unspecified atom stereocenters. The van der Waals surface area contributed by atoms with E-state index in [1.807, 2.05) is 24.8 Å². The second kappa shape index (κ2) is 6.25. The van der Waals surface area contributed by atoms with Crippen LogP contribution >= 0.6 is 0 Å². The third-order valence-corrected chi connectivity index (χ3v) is 4.10. The number of ether oxygens (including phenoxy) is 1. The van der Waals surface area contributed by atoms with Crippen LogP contribution in [0.25, 0.3) is 0 Å². The van der Waals surface area contributed by atoms with Crippen LogP contribution in [-0.2, 0) is 4.79 Å². The van der Waals surface area contributed by atoms with Gasteiger partial charge in [0.25, 0.3) is 0 Å². The zero-order valence-electron chi connectivity index (χ0n) is 12.4. The van der Waals surface area contributed by atoms with E-state index in [1.165, 1.54) is 6.07 Å². The van der Waals surface area contributed by atoms with Gasteiger partial charge in [-0.25, -0.2) is 4.39 Å². The Morgan fingerprint density at radius 2 is 2.05 bits per heavy atom. The van der Waals surface area contributed by atoms with Gasteiger partial charge in [-0.15, -0.1) is 0 Å². The first-order valence-electron chi connectivity index (χ1n) is 7.18. The Hall–Kier alpha value is -1.58. The summed E-state index contributed by atoms with van der Waals surface area (Å²) in [5.41, 5.74) is 1.71. The van der Waals surface area contributed by atoms with Crippen molar-refractivity contribution in [3.05, 3.63) is 29.1 Å². The summed E-state index contributed by atoms with van der Waals surface area (Å²) in [7, 11) is 1.55. The first-order chi connectivity index (χ1) is 9.56. The van der Waals surface area contributed by atoms with Crippen molar-refractivity contribution in [3.63, 3.8) is 0 Å². The zero-order valence-corrected chi connectivity index (χ0v) is 12.4. The predicted molar refractivity (Wildman–Crippen MR) is 76.5 cm³/mol. The van der Waals surface area contributed by atoms with E-state index in [2.05, 4.69) is 0 Å². The molecule has 110 valence electrons. The number of aryl methyl sites for hydroxylation is 1. The van der Waals surface area contributed by atoms with Crippen LogP contribution in [0.5, 0.6) is 5.75 Å². The Bertz CT molecular complexity index is 493. The third kappa shape index (κ3) is 2.94. The van der Waals surface area contributed by atoms with Crippen molar-refractivity contribution in [2.75, 3.05) is 20.2 Å². The highest BCUT2D eigenvalue weighted by molar-refractivity contribution is 5.75. The number of rotatable bonds is 3. The number of nitrogens with zero attached hydrogens (tertiary/aromatic N) is 1. The minimum absolute atomic E-state index is 0.190. The first-order valence-corrected chi connectivity index (χ1v) is 7.18. The molecule has 1 amide bonds. The van der Waals surface area contributed by atoms with Crippen LogP contribution in [0.2, 0.25) is 0 Å². The molecule has 3 nitrogen and oxygen atoms in total. The standard InChI is InChI=1S/C16H22FNO2/c1-4-16(19)18-7-5-12(6-8-18)13-9-11(2)15(20-3)10-14(13)17/h9-10,12H,4-8H2,1-3H3. The second-order valence-electron chi connectivity index (χ2n) is 5.35. The van der Waals surface area contributed by atoms with E-state index >= 15 is 0 Å². The Kier molecular flexibility index (Phi) is 4.63. The lowest BCUT2D eigenvalue weighted by atomic mass is 9.88. The zero-order chi connectivity index (χ0) is 14.7. The number of hydrogen-bond acceptors (Lipinski definition) is 2. The van der Waals surface area contributed by atoms with Gasteiger partial charge < -0.3 is 9.64 Å². The van der Waals surface area contributed by atoms with Crippen LogP contribution in [0.4, 0.5) is 4.39 Å². The van der Waals surface area contributed by atoms with Crippen molar-refractivity contribution in [3.8, 4) is 5.75 Å². The van der Waals surface area contributed by atoms with Gasteiger partial charge in [-0.2, -0.15) is 0 Å². The van der Waals surface area contributed by atoms with Crippen LogP contribution in [0.3, 0.4) is 0 Å². The molecule has 0 atom stereocenters. The molecule has 1 saturated heterocycles. The average molecular weight is 279 g/mol.